The molecule has 1 aromatic rings. The molecule has 0 fully saturated rings. The zero-order valence-corrected chi connectivity index (χ0v) is 11.3. The van der Waals surface area contributed by atoms with E-state index in [0.29, 0.717) is 11.4 Å². The Kier molecular flexibility index (Phi) is 3.66. The first kappa shape index (κ1) is 13.7. The van der Waals surface area contributed by atoms with Gasteiger partial charge in [-0.05, 0) is 19.1 Å². The maximum Gasteiger partial charge on any atom is 0.307 e. The molecule has 0 amide bonds. The highest BCUT2D eigenvalue weighted by atomic mass is 32.2. The molecule has 0 saturated carbocycles. The Bertz CT molecular complexity index is 584. The third kappa shape index (κ3) is 2.81. The van der Waals surface area contributed by atoms with E-state index in [1.54, 1.807) is 31.2 Å². The molecule has 1 heterocycles. The monoisotopic (exact) mass is 285 g/mol. The van der Waals surface area contributed by atoms with Gasteiger partial charge < -0.3 is 9.84 Å². The van der Waals surface area contributed by atoms with Crippen LogP contribution >= 0.6 is 0 Å². The van der Waals surface area contributed by atoms with Crippen LogP contribution in [-0.4, -0.2) is 37.9 Å². The fourth-order valence-electron chi connectivity index (χ4n) is 1.98. The van der Waals surface area contributed by atoms with Crippen LogP contribution in [-0.2, 0) is 14.8 Å². The summed E-state index contributed by atoms with van der Waals surface area (Å²) in [6.45, 7) is 1.58. The second-order valence-corrected chi connectivity index (χ2v) is 6.42. The summed E-state index contributed by atoms with van der Waals surface area (Å²) in [7, 11) is -3.44. The quantitative estimate of drug-likeness (QED) is 0.895. The molecule has 1 aliphatic heterocycles. The molecular formula is C12H15NO5S. The molecule has 0 bridgehead atoms. The van der Waals surface area contributed by atoms with E-state index in [0.717, 1.165) is 0 Å². The first-order chi connectivity index (χ1) is 8.94. The molecule has 2 rings (SSSR count). The Morgan fingerprint density at radius 1 is 1.47 bits per heavy atom. The lowest BCUT2D eigenvalue weighted by molar-refractivity contribution is -0.138. The first-order valence-corrected chi connectivity index (χ1v) is 7.53. The number of hydrogen-bond donors (Lipinski definition) is 1. The fourth-order valence-corrected chi connectivity index (χ4v) is 3.14. The van der Waals surface area contributed by atoms with Crippen LogP contribution in [0.15, 0.2) is 24.3 Å². The minimum atomic E-state index is -3.44. The van der Waals surface area contributed by atoms with E-state index in [4.69, 9.17) is 9.84 Å². The number of benzene rings is 1. The number of anilines is 1. The summed E-state index contributed by atoms with van der Waals surface area (Å²) in [5.74, 6) is -0.656. The summed E-state index contributed by atoms with van der Waals surface area (Å²) in [6.07, 6.45) is -0.905. The van der Waals surface area contributed by atoms with E-state index in [1.807, 2.05) is 0 Å². The molecule has 1 unspecified atom stereocenters. The number of sulfonamides is 1. The molecule has 1 atom stereocenters. The van der Waals surface area contributed by atoms with Crippen molar-refractivity contribution in [3.8, 4) is 5.75 Å². The lowest BCUT2D eigenvalue weighted by Gasteiger charge is -2.34. The summed E-state index contributed by atoms with van der Waals surface area (Å²) in [5.41, 5.74) is 0.464. The van der Waals surface area contributed by atoms with Crippen molar-refractivity contribution >= 4 is 21.7 Å². The fraction of sp³-hybridized carbons (Fsp3) is 0.417. The number of para-hydroxylation sites is 2. The SMILES string of the molecule is CCS(=O)(=O)N1CC(CC(=O)O)Oc2ccccc21. The van der Waals surface area contributed by atoms with Gasteiger partial charge in [-0.3, -0.25) is 9.10 Å². The number of hydrogen-bond acceptors (Lipinski definition) is 4. The predicted molar refractivity (Wildman–Crippen MR) is 69.9 cm³/mol. The average molecular weight is 285 g/mol. The molecule has 1 aromatic carbocycles. The maximum atomic E-state index is 12.1. The molecule has 104 valence electrons. The van der Waals surface area contributed by atoms with E-state index in [9.17, 15) is 13.2 Å². The largest absolute Gasteiger partial charge is 0.486 e. The molecule has 0 aliphatic carbocycles. The molecule has 1 aliphatic rings. The third-order valence-electron chi connectivity index (χ3n) is 2.90. The van der Waals surface area contributed by atoms with Crippen LogP contribution in [0.1, 0.15) is 13.3 Å². The zero-order chi connectivity index (χ0) is 14.0. The minimum Gasteiger partial charge on any atom is -0.486 e. The lowest BCUT2D eigenvalue weighted by Crippen LogP contribution is -2.44. The summed E-state index contributed by atoms with van der Waals surface area (Å²) in [4.78, 5) is 10.8. The van der Waals surface area contributed by atoms with Crippen molar-refractivity contribution in [3.63, 3.8) is 0 Å². The number of ether oxygens (including phenoxy) is 1. The second kappa shape index (κ2) is 5.08. The van der Waals surface area contributed by atoms with Crippen LogP contribution in [0.5, 0.6) is 5.75 Å². The van der Waals surface area contributed by atoms with Crippen LogP contribution in [0, 0.1) is 0 Å². The molecular weight excluding hydrogens is 270 g/mol. The number of rotatable bonds is 4. The number of carboxylic acid groups (broad SMARTS) is 1. The highest BCUT2D eigenvalue weighted by Gasteiger charge is 2.33. The standard InChI is InChI=1S/C12H15NO5S/c1-2-19(16,17)13-8-9(7-12(14)15)18-11-6-4-3-5-10(11)13/h3-6,9H,2,7-8H2,1H3,(H,14,15). The van der Waals surface area contributed by atoms with Crippen molar-refractivity contribution in [2.45, 2.75) is 19.4 Å². The lowest BCUT2D eigenvalue weighted by atomic mass is 10.2. The Morgan fingerprint density at radius 3 is 2.79 bits per heavy atom. The van der Waals surface area contributed by atoms with Gasteiger partial charge in [-0.1, -0.05) is 12.1 Å². The highest BCUT2D eigenvalue weighted by molar-refractivity contribution is 7.92. The van der Waals surface area contributed by atoms with Crippen molar-refractivity contribution in [1.29, 1.82) is 0 Å². The Labute approximate surface area is 111 Å². The van der Waals surface area contributed by atoms with E-state index in [1.165, 1.54) is 4.31 Å². The number of carboxylic acids is 1. The molecule has 0 aromatic heterocycles. The maximum absolute atomic E-state index is 12.1. The van der Waals surface area contributed by atoms with Crippen LogP contribution in [0.25, 0.3) is 0 Å². The van der Waals surface area contributed by atoms with Gasteiger partial charge in [0.25, 0.3) is 0 Å². The van der Waals surface area contributed by atoms with E-state index < -0.39 is 22.1 Å². The molecule has 0 saturated heterocycles. The van der Waals surface area contributed by atoms with Crippen molar-refractivity contribution < 1.29 is 23.1 Å². The van der Waals surface area contributed by atoms with Crippen LogP contribution in [0.2, 0.25) is 0 Å². The van der Waals surface area contributed by atoms with Gasteiger partial charge in [0.15, 0.2) is 0 Å². The molecule has 19 heavy (non-hydrogen) atoms. The van der Waals surface area contributed by atoms with Crippen molar-refractivity contribution in [3.05, 3.63) is 24.3 Å². The number of carbonyl (C=O) groups is 1. The Morgan fingerprint density at radius 2 is 2.16 bits per heavy atom. The number of fused-ring (bicyclic) bond motifs is 1. The van der Waals surface area contributed by atoms with Crippen LogP contribution in [0.4, 0.5) is 5.69 Å². The zero-order valence-electron chi connectivity index (χ0n) is 10.4. The van der Waals surface area contributed by atoms with Crippen LogP contribution < -0.4 is 9.04 Å². The van der Waals surface area contributed by atoms with Crippen molar-refractivity contribution in [1.82, 2.24) is 0 Å². The van der Waals surface area contributed by atoms with Gasteiger partial charge in [0.2, 0.25) is 10.0 Å². The van der Waals surface area contributed by atoms with E-state index in [2.05, 4.69) is 0 Å². The molecule has 1 N–H and O–H groups in total. The van der Waals surface area contributed by atoms with Gasteiger partial charge in [-0.25, -0.2) is 8.42 Å². The summed E-state index contributed by atoms with van der Waals surface area (Å²) in [5, 5.41) is 8.81. The van der Waals surface area contributed by atoms with Gasteiger partial charge in [-0.15, -0.1) is 0 Å². The Hall–Kier alpha value is -1.76. The normalized spacial score (nSPS) is 18.6. The Balaban J connectivity index is 2.39. The molecule has 0 spiro atoms. The molecule has 6 nitrogen and oxygen atoms in total. The van der Waals surface area contributed by atoms with E-state index in [-0.39, 0.29) is 18.7 Å². The summed E-state index contributed by atoms with van der Waals surface area (Å²) < 4.78 is 30.9. The second-order valence-electron chi connectivity index (χ2n) is 4.24. The van der Waals surface area contributed by atoms with Crippen molar-refractivity contribution in [2.75, 3.05) is 16.6 Å². The van der Waals surface area contributed by atoms with Crippen LogP contribution in [0.3, 0.4) is 0 Å². The summed E-state index contributed by atoms with van der Waals surface area (Å²) in [6, 6.07) is 6.73. The van der Waals surface area contributed by atoms with Gasteiger partial charge in [-0.2, -0.15) is 0 Å². The van der Waals surface area contributed by atoms with Gasteiger partial charge in [0.05, 0.1) is 24.4 Å². The smallest absolute Gasteiger partial charge is 0.307 e. The highest BCUT2D eigenvalue weighted by Crippen LogP contribution is 2.35. The van der Waals surface area contributed by atoms with Gasteiger partial charge in [0.1, 0.15) is 11.9 Å². The number of nitrogens with zero attached hydrogens (tertiary/aromatic N) is 1. The predicted octanol–water partition coefficient (Wildman–Crippen LogP) is 1.08. The number of aliphatic carboxylic acids is 1. The average Bonchev–Trinajstić information content (AvgIpc) is 2.37. The van der Waals surface area contributed by atoms with Gasteiger partial charge in [0, 0.05) is 0 Å². The molecule has 7 heteroatoms. The minimum absolute atomic E-state index is 0.0273. The third-order valence-corrected chi connectivity index (χ3v) is 4.65. The summed E-state index contributed by atoms with van der Waals surface area (Å²) >= 11 is 0. The van der Waals surface area contributed by atoms with Gasteiger partial charge >= 0.3 is 5.97 Å². The molecule has 0 radical (unpaired) electrons. The van der Waals surface area contributed by atoms with E-state index >= 15 is 0 Å². The van der Waals surface area contributed by atoms with Crippen molar-refractivity contribution in [2.24, 2.45) is 0 Å². The topological polar surface area (TPSA) is 83.9 Å². The first-order valence-electron chi connectivity index (χ1n) is 5.92.